The third kappa shape index (κ3) is 3.64. The number of allylic oxidation sites excluding steroid dienone is 2. The van der Waals surface area contributed by atoms with Crippen LogP contribution in [0.2, 0.25) is 0 Å². The minimum Gasteiger partial charge on any atom is -0.480 e. The molecule has 1 aliphatic carbocycles. The van der Waals surface area contributed by atoms with Crippen LogP contribution < -0.4 is 16.2 Å². The number of carbonyl (C=O) groups excluding carboxylic acids is 1. The summed E-state index contributed by atoms with van der Waals surface area (Å²) in [6, 6.07) is 0. The molecule has 0 aromatic carbocycles. The van der Waals surface area contributed by atoms with Gasteiger partial charge in [0, 0.05) is 12.1 Å². The molecular weight excluding hydrogens is 351 g/mol. The van der Waals surface area contributed by atoms with Crippen LogP contribution in [0, 0.1) is 5.92 Å². The van der Waals surface area contributed by atoms with Gasteiger partial charge in [0.1, 0.15) is 12.4 Å². The Labute approximate surface area is 139 Å². The number of primary amides is 1. The molecule has 3 atom stereocenters. The van der Waals surface area contributed by atoms with Crippen LogP contribution in [0.15, 0.2) is 18.0 Å². The summed E-state index contributed by atoms with van der Waals surface area (Å²) < 4.78 is 72.4. The standard InChI is InChI=1S/C14H15F5N4O2/c1-25-8-4-22-11(12(21)24)10(23-8)9-6(14(17,18)19)2-13(16,5-15)3-7(9)20/h3-4,6,9H,2,5,20H2,1H3,(H2,21,24)/t6-,9?,13-/m0/s1. The van der Waals surface area contributed by atoms with Crippen molar-refractivity contribution in [3.8, 4) is 5.88 Å². The molecule has 0 bridgehead atoms. The molecule has 4 N–H and O–H groups in total. The van der Waals surface area contributed by atoms with Crippen molar-refractivity contribution < 1.29 is 31.5 Å². The van der Waals surface area contributed by atoms with Crippen LogP contribution in [-0.2, 0) is 0 Å². The van der Waals surface area contributed by atoms with Gasteiger partial charge in [-0.3, -0.25) is 4.79 Å². The molecule has 0 radical (unpaired) electrons. The summed E-state index contributed by atoms with van der Waals surface area (Å²) in [5.41, 5.74) is 6.22. The van der Waals surface area contributed by atoms with Gasteiger partial charge in [-0.15, -0.1) is 0 Å². The van der Waals surface area contributed by atoms with Gasteiger partial charge in [0.05, 0.1) is 30.8 Å². The van der Waals surface area contributed by atoms with Gasteiger partial charge < -0.3 is 16.2 Å². The zero-order chi connectivity index (χ0) is 19.0. The third-order valence-corrected chi connectivity index (χ3v) is 3.90. The maximum Gasteiger partial charge on any atom is 0.392 e. The van der Waals surface area contributed by atoms with Crippen molar-refractivity contribution in [1.82, 2.24) is 9.97 Å². The number of rotatable bonds is 4. The van der Waals surface area contributed by atoms with Gasteiger partial charge in [0.15, 0.2) is 5.67 Å². The summed E-state index contributed by atoms with van der Waals surface area (Å²) in [5, 5.41) is 0. The van der Waals surface area contributed by atoms with Crippen molar-refractivity contribution in [3.05, 3.63) is 29.4 Å². The van der Waals surface area contributed by atoms with E-state index in [9.17, 15) is 26.7 Å². The molecule has 138 valence electrons. The SMILES string of the molecule is COc1cnc(C(N)=O)c(C2C(N)=C[C@](F)(CF)C[C@@H]2C(F)(F)F)n1. The fourth-order valence-electron chi connectivity index (χ4n) is 2.80. The molecule has 0 saturated carbocycles. The summed E-state index contributed by atoms with van der Waals surface area (Å²) in [4.78, 5) is 19.0. The fourth-order valence-corrected chi connectivity index (χ4v) is 2.80. The molecule has 25 heavy (non-hydrogen) atoms. The molecule has 1 aromatic heterocycles. The summed E-state index contributed by atoms with van der Waals surface area (Å²) in [5.74, 6) is -5.49. The monoisotopic (exact) mass is 366 g/mol. The number of alkyl halides is 5. The van der Waals surface area contributed by atoms with Gasteiger partial charge in [0.25, 0.3) is 5.91 Å². The highest BCUT2D eigenvalue weighted by atomic mass is 19.4. The first-order valence-electron chi connectivity index (χ1n) is 7.03. The molecule has 0 spiro atoms. The number of hydrogen-bond donors (Lipinski definition) is 2. The lowest BCUT2D eigenvalue weighted by molar-refractivity contribution is -0.189. The largest absolute Gasteiger partial charge is 0.480 e. The van der Waals surface area contributed by atoms with Gasteiger partial charge in [0.2, 0.25) is 5.88 Å². The zero-order valence-corrected chi connectivity index (χ0v) is 13.0. The van der Waals surface area contributed by atoms with E-state index in [2.05, 4.69) is 9.97 Å². The van der Waals surface area contributed by atoms with E-state index in [0.29, 0.717) is 6.08 Å². The number of carbonyl (C=O) groups is 1. The maximum absolute atomic E-state index is 14.2. The number of hydrogen-bond acceptors (Lipinski definition) is 5. The third-order valence-electron chi connectivity index (χ3n) is 3.90. The number of amides is 1. The van der Waals surface area contributed by atoms with E-state index >= 15 is 0 Å². The van der Waals surface area contributed by atoms with E-state index < -0.39 is 59.8 Å². The Kier molecular flexibility index (Phi) is 4.87. The number of halogens is 5. The zero-order valence-electron chi connectivity index (χ0n) is 13.0. The molecule has 0 aliphatic heterocycles. The first kappa shape index (κ1) is 18.9. The van der Waals surface area contributed by atoms with E-state index in [0.717, 1.165) is 6.20 Å². The number of methoxy groups -OCH3 is 1. The molecule has 2 rings (SSSR count). The predicted molar refractivity (Wildman–Crippen MR) is 76.1 cm³/mol. The van der Waals surface area contributed by atoms with Crippen molar-refractivity contribution in [2.24, 2.45) is 17.4 Å². The molecule has 1 aromatic rings. The van der Waals surface area contributed by atoms with Gasteiger partial charge in [-0.25, -0.2) is 18.7 Å². The van der Waals surface area contributed by atoms with Crippen molar-refractivity contribution in [2.75, 3.05) is 13.8 Å². The van der Waals surface area contributed by atoms with Crippen molar-refractivity contribution in [1.29, 1.82) is 0 Å². The lowest BCUT2D eigenvalue weighted by Gasteiger charge is -2.37. The molecule has 1 amide bonds. The minimum absolute atomic E-state index is 0.184. The second-order valence-electron chi connectivity index (χ2n) is 5.65. The highest BCUT2D eigenvalue weighted by molar-refractivity contribution is 5.92. The Morgan fingerprint density at radius 3 is 2.60 bits per heavy atom. The van der Waals surface area contributed by atoms with Crippen LogP contribution in [0.25, 0.3) is 0 Å². The molecule has 6 nitrogen and oxygen atoms in total. The minimum atomic E-state index is -4.93. The number of ether oxygens (including phenoxy) is 1. The molecule has 0 saturated heterocycles. The Balaban J connectivity index is 2.69. The quantitative estimate of drug-likeness (QED) is 0.791. The van der Waals surface area contributed by atoms with E-state index in [1.54, 1.807) is 0 Å². The number of aromatic nitrogens is 2. The predicted octanol–water partition coefficient (Wildman–Crippen LogP) is 1.77. The first-order chi connectivity index (χ1) is 11.5. The lowest BCUT2D eigenvalue weighted by atomic mass is 9.73. The van der Waals surface area contributed by atoms with E-state index in [1.807, 2.05) is 0 Å². The molecule has 11 heteroatoms. The van der Waals surface area contributed by atoms with Crippen molar-refractivity contribution in [3.63, 3.8) is 0 Å². The molecule has 0 fully saturated rings. The van der Waals surface area contributed by atoms with Gasteiger partial charge in [-0.05, 0) is 6.08 Å². The van der Waals surface area contributed by atoms with Crippen LogP contribution in [0.3, 0.4) is 0 Å². The van der Waals surface area contributed by atoms with Crippen LogP contribution in [0.5, 0.6) is 5.88 Å². The highest BCUT2D eigenvalue weighted by Gasteiger charge is 2.54. The summed E-state index contributed by atoms with van der Waals surface area (Å²) >= 11 is 0. The molecule has 1 aliphatic rings. The van der Waals surface area contributed by atoms with Crippen LogP contribution in [0.1, 0.15) is 28.5 Å². The fraction of sp³-hybridized carbons (Fsp3) is 0.500. The van der Waals surface area contributed by atoms with Gasteiger partial charge >= 0.3 is 6.18 Å². The highest BCUT2D eigenvalue weighted by Crippen LogP contribution is 2.49. The van der Waals surface area contributed by atoms with E-state index in [4.69, 9.17) is 16.2 Å². The van der Waals surface area contributed by atoms with Crippen LogP contribution in [-0.4, -0.2) is 41.5 Å². The van der Waals surface area contributed by atoms with E-state index in [-0.39, 0.29) is 5.88 Å². The normalized spacial score (nSPS) is 26.9. The summed E-state index contributed by atoms with van der Waals surface area (Å²) in [7, 11) is 1.19. The topological polar surface area (TPSA) is 104 Å². The van der Waals surface area contributed by atoms with Crippen molar-refractivity contribution >= 4 is 5.91 Å². The Morgan fingerprint density at radius 2 is 2.12 bits per heavy atom. The van der Waals surface area contributed by atoms with Crippen LogP contribution >= 0.6 is 0 Å². The maximum atomic E-state index is 14.2. The summed E-state index contributed by atoms with van der Waals surface area (Å²) in [6.07, 6.45) is -4.58. The number of nitrogens with zero attached hydrogens (tertiary/aromatic N) is 2. The smallest absolute Gasteiger partial charge is 0.392 e. The first-order valence-corrected chi connectivity index (χ1v) is 7.03. The van der Waals surface area contributed by atoms with Crippen molar-refractivity contribution in [2.45, 2.75) is 24.2 Å². The second kappa shape index (κ2) is 6.45. The Morgan fingerprint density at radius 1 is 1.48 bits per heavy atom. The molecule has 1 unspecified atom stereocenters. The molecular formula is C14H15F5N4O2. The van der Waals surface area contributed by atoms with Gasteiger partial charge in [-0.2, -0.15) is 13.2 Å². The second-order valence-corrected chi connectivity index (χ2v) is 5.65. The number of nitrogens with two attached hydrogens (primary N) is 2. The van der Waals surface area contributed by atoms with E-state index in [1.165, 1.54) is 7.11 Å². The van der Waals surface area contributed by atoms with Crippen LogP contribution in [0.4, 0.5) is 22.0 Å². The average Bonchev–Trinajstić information content (AvgIpc) is 2.52. The molecule has 1 heterocycles. The van der Waals surface area contributed by atoms with Gasteiger partial charge in [-0.1, -0.05) is 0 Å². The Bertz CT molecular complexity index is 709. The lowest BCUT2D eigenvalue weighted by Crippen LogP contribution is -2.44. The average molecular weight is 366 g/mol. The Hall–Kier alpha value is -2.46. The summed E-state index contributed by atoms with van der Waals surface area (Å²) in [6.45, 7) is -1.67.